The normalized spacial score (nSPS) is 18.0. The summed E-state index contributed by atoms with van der Waals surface area (Å²) in [5, 5.41) is 6.53. The molecule has 4 N–H and O–H groups in total. The fraction of sp³-hybridized carbons (Fsp3) is 0.500. The van der Waals surface area contributed by atoms with Crippen LogP contribution in [-0.4, -0.2) is 24.8 Å². The monoisotopic (exact) mass is 128 g/mol. The fourth-order valence-electron chi connectivity index (χ4n) is 0.554. The van der Waals surface area contributed by atoms with E-state index in [0.717, 1.165) is 0 Å². The molecule has 0 saturated carbocycles. The fourth-order valence-corrected chi connectivity index (χ4v) is 0.554. The number of hydrazone groups is 1. The van der Waals surface area contributed by atoms with Crippen LogP contribution < -0.4 is 16.5 Å². The molecule has 0 aromatic heterocycles. The highest BCUT2D eigenvalue weighted by Crippen LogP contribution is 1.77. The maximum absolute atomic E-state index is 10.4. The van der Waals surface area contributed by atoms with Gasteiger partial charge in [-0.05, 0) is 0 Å². The predicted octanol–water partition coefficient (Wildman–Crippen LogP) is -2.02. The van der Waals surface area contributed by atoms with Crippen LogP contribution in [0.15, 0.2) is 5.10 Å². The van der Waals surface area contributed by atoms with Gasteiger partial charge in [-0.1, -0.05) is 0 Å². The number of amides is 1. The van der Waals surface area contributed by atoms with Gasteiger partial charge in [-0.15, -0.1) is 0 Å². The first-order valence-electron chi connectivity index (χ1n) is 2.60. The van der Waals surface area contributed by atoms with Crippen molar-refractivity contribution < 1.29 is 4.79 Å². The molecule has 1 amide bonds. The number of nitrogens with two attached hydrogens (primary N) is 1. The van der Waals surface area contributed by atoms with Crippen LogP contribution in [0.1, 0.15) is 0 Å². The van der Waals surface area contributed by atoms with Crippen LogP contribution in [-0.2, 0) is 4.79 Å². The quantitative estimate of drug-likeness (QED) is 0.381. The molecule has 1 rings (SSSR count). The third-order valence-corrected chi connectivity index (χ3v) is 0.995. The minimum absolute atomic E-state index is 0.348. The Bertz CT molecular complexity index is 153. The lowest BCUT2D eigenvalue weighted by atomic mass is 10.3. The molecule has 50 valence electrons. The van der Waals surface area contributed by atoms with E-state index < -0.39 is 5.91 Å². The second-order valence-electron chi connectivity index (χ2n) is 1.68. The molecule has 5 heteroatoms. The van der Waals surface area contributed by atoms with Gasteiger partial charge in [0.1, 0.15) is 5.71 Å². The van der Waals surface area contributed by atoms with Crippen LogP contribution in [0.5, 0.6) is 0 Å². The van der Waals surface area contributed by atoms with E-state index in [0.29, 0.717) is 18.9 Å². The first-order chi connectivity index (χ1) is 4.30. The smallest absolute Gasteiger partial charge is 0.266 e. The number of hydrogen-bond donors (Lipinski definition) is 3. The van der Waals surface area contributed by atoms with Gasteiger partial charge in [0.15, 0.2) is 0 Å². The first-order valence-corrected chi connectivity index (χ1v) is 2.60. The average molecular weight is 128 g/mol. The average Bonchev–Trinajstić information content (AvgIpc) is 1.90. The van der Waals surface area contributed by atoms with E-state index >= 15 is 0 Å². The molecule has 0 aromatic rings. The van der Waals surface area contributed by atoms with E-state index in [-0.39, 0.29) is 0 Å². The summed E-state index contributed by atoms with van der Waals surface area (Å²) in [6.07, 6.45) is 0. The molecule has 1 heterocycles. The van der Waals surface area contributed by atoms with Gasteiger partial charge in [0, 0.05) is 6.54 Å². The van der Waals surface area contributed by atoms with Crippen LogP contribution in [0.2, 0.25) is 0 Å². The molecular weight excluding hydrogens is 120 g/mol. The Balaban J connectivity index is 2.57. The lowest BCUT2D eigenvalue weighted by Crippen LogP contribution is -2.42. The van der Waals surface area contributed by atoms with E-state index in [1.165, 1.54) is 0 Å². The van der Waals surface area contributed by atoms with Gasteiger partial charge in [0.05, 0.1) is 6.67 Å². The van der Waals surface area contributed by atoms with Crippen LogP contribution in [0.3, 0.4) is 0 Å². The van der Waals surface area contributed by atoms with Gasteiger partial charge in [-0.2, -0.15) is 5.10 Å². The first kappa shape index (κ1) is 6.03. The lowest BCUT2D eigenvalue weighted by Gasteiger charge is -2.10. The van der Waals surface area contributed by atoms with Gasteiger partial charge in [-0.3, -0.25) is 15.5 Å². The van der Waals surface area contributed by atoms with Crippen molar-refractivity contribution in [3.05, 3.63) is 0 Å². The predicted molar refractivity (Wildman–Crippen MR) is 32.6 cm³/mol. The molecular formula is C4H8N4O. The number of nitrogens with one attached hydrogen (secondary N) is 2. The van der Waals surface area contributed by atoms with Gasteiger partial charge in [0.25, 0.3) is 5.91 Å². The Morgan fingerprint density at radius 3 is 2.89 bits per heavy atom. The van der Waals surface area contributed by atoms with Crippen LogP contribution in [0.4, 0.5) is 0 Å². The summed E-state index contributed by atoms with van der Waals surface area (Å²) >= 11 is 0. The third-order valence-electron chi connectivity index (χ3n) is 0.995. The number of hydrogen-bond acceptors (Lipinski definition) is 4. The van der Waals surface area contributed by atoms with Gasteiger partial charge >= 0.3 is 0 Å². The van der Waals surface area contributed by atoms with E-state index in [9.17, 15) is 4.79 Å². The molecule has 0 fully saturated rings. The van der Waals surface area contributed by atoms with Crippen molar-refractivity contribution in [1.29, 1.82) is 0 Å². The maximum atomic E-state index is 10.4. The molecule has 1 aliphatic heterocycles. The molecule has 0 unspecified atom stereocenters. The number of carbonyl (C=O) groups excluding carboxylic acids is 1. The topological polar surface area (TPSA) is 79.5 Å². The van der Waals surface area contributed by atoms with Crippen LogP contribution >= 0.6 is 0 Å². The Morgan fingerprint density at radius 1 is 1.78 bits per heavy atom. The number of rotatable bonds is 1. The Kier molecular flexibility index (Phi) is 1.64. The number of primary amides is 1. The van der Waals surface area contributed by atoms with Gasteiger partial charge in [-0.25, -0.2) is 0 Å². The van der Waals surface area contributed by atoms with Gasteiger partial charge < -0.3 is 5.73 Å². The summed E-state index contributed by atoms with van der Waals surface area (Å²) in [5.74, 6) is -0.477. The van der Waals surface area contributed by atoms with E-state index in [2.05, 4.69) is 15.8 Å². The van der Waals surface area contributed by atoms with Crippen molar-refractivity contribution >= 4 is 11.6 Å². The van der Waals surface area contributed by atoms with Gasteiger partial charge in [0.2, 0.25) is 0 Å². The van der Waals surface area contributed by atoms with Crippen LogP contribution in [0, 0.1) is 0 Å². The zero-order valence-corrected chi connectivity index (χ0v) is 4.85. The van der Waals surface area contributed by atoms with Crippen molar-refractivity contribution in [3.63, 3.8) is 0 Å². The molecule has 0 atom stereocenters. The number of nitrogens with zero attached hydrogens (tertiary/aromatic N) is 1. The number of carbonyl (C=O) groups is 1. The molecule has 0 spiro atoms. The molecule has 0 aromatic carbocycles. The summed E-state index contributed by atoms with van der Waals surface area (Å²) in [5.41, 5.74) is 7.86. The summed E-state index contributed by atoms with van der Waals surface area (Å²) < 4.78 is 0. The standard InChI is InChI=1S/C4H8N4O/c5-4(9)3-1-6-2-7-8-3/h6-7H,1-2H2,(H2,5,9). The molecule has 1 aliphatic rings. The van der Waals surface area contributed by atoms with Crippen LogP contribution in [0.25, 0.3) is 0 Å². The molecule has 0 saturated heterocycles. The largest absolute Gasteiger partial charge is 0.364 e. The second-order valence-corrected chi connectivity index (χ2v) is 1.68. The molecule has 9 heavy (non-hydrogen) atoms. The van der Waals surface area contributed by atoms with Crippen molar-refractivity contribution in [2.24, 2.45) is 10.8 Å². The van der Waals surface area contributed by atoms with E-state index in [4.69, 9.17) is 5.73 Å². The van der Waals surface area contributed by atoms with E-state index in [1.54, 1.807) is 0 Å². The molecule has 0 bridgehead atoms. The zero-order chi connectivity index (χ0) is 6.69. The zero-order valence-electron chi connectivity index (χ0n) is 4.85. The van der Waals surface area contributed by atoms with Crippen molar-refractivity contribution in [1.82, 2.24) is 10.7 Å². The highest BCUT2D eigenvalue weighted by Gasteiger charge is 2.08. The minimum atomic E-state index is -0.477. The Hall–Kier alpha value is -1.10. The SMILES string of the molecule is NC(=O)C1=NNCNC1. The highest BCUT2D eigenvalue weighted by molar-refractivity contribution is 6.39. The summed E-state index contributed by atoms with van der Waals surface area (Å²) in [4.78, 5) is 10.4. The minimum Gasteiger partial charge on any atom is -0.364 e. The molecule has 5 nitrogen and oxygen atoms in total. The molecule has 0 aliphatic carbocycles. The molecule has 0 radical (unpaired) electrons. The Labute approximate surface area is 52.3 Å². The summed E-state index contributed by atoms with van der Waals surface area (Å²) in [6.45, 7) is 1.05. The third kappa shape index (κ3) is 1.39. The van der Waals surface area contributed by atoms with Crippen molar-refractivity contribution in [3.8, 4) is 0 Å². The lowest BCUT2D eigenvalue weighted by molar-refractivity contribution is -0.112. The summed E-state index contributed by atoms with van der Waals surface area (Å²) in [6, 6.07) is 0. The van der Waals surface area contributed by atoms with Crippen molar-refractivity contribution in [2.75, 3.05) is 13.2 Å². The summed E-state index contributed by atoms with van der Waals surface area (Å²) in [7, 11) is 0. The van der Waals surface area contributed by atoms with Crippen molar-refractivity contribution in [2.45, 2.75) is 0 Å². The Morgan fingerprint density at radius 2 is 2.56 bits per heavy atom. The highest BCUT2D eigenvalue weighted by atomic mass is 16.1. The second kappa shape index (κ2) is 2.45. The van der Waals surface area contributed by atoms with E-state index in [1.807, 2.05) is 0 Å². The maximum Gasteiger partial charge on any atom is 0.266 e.